The molecule has 128 valence electrons. The van der Waals surface area contributed by atoms with Gasteiger partial charge in [0, 0.05) is 12.5 Å². The number of unbranched alkanes of at least 4 members (excludes halogenated alkanes) is 1. The highest BCUT2D eigenvalue weighted by Gasteiger charge is 2.19. The zero-order valence-corrected chi connectivity index (χ0v) is 15.4. The highest BCUT2D eigenvalue weighted by Crippen LogP contribution is 2.22. The lowest BCUT2D eigenvalue weighted by atomic mass is 9.91. The maximum absolute atomic E-state index is 12.4. The molecule has 0 aliphatic carbocycles. The quantitative estimate of drug-likeness (QED) is 0.636. The van der Waals surface area contributed by atoms with Crippen LogP contribution in [-0.4, -0.2) is 15.0 Å². The van der Waals surface area contributed by atoms with Gasteiger partial charge in [-0.1, -0.05) is 51.0 Å². The third-order valence-electron chi connectivity index (χ3n) is 4.01. The van der Waals surface area contributed by atoms with Gasteiger partial charge < -0.3 is 0 Å². The summed E-state index contributed by atoms with van der Waals surface area (Å²) in [4.78, 5) is 0.316. The highest BCUT2D eigenvalue weighted by atomic mass is 32.2. The van der Waals surface area contributed by atoms with E-state index in [2.05, 4.69) is 30.9 Å². The Hall–Kier alpha value is -1.35. The Kier molecular flexibility index (Phi) is 8.32. The van der Waals surface area contributed by atoms with E-state index >= 15 is 0 Å². The van der Waals surface area contributed by atoms with Gasteiger partial charge in [-0.3, -0.25) is 0 Å². The molecule has 0 bridgehead atoms. The Morgan fingerprint density at radius 1 is 1.22 bits per heavy atom. The van der Waals surface area contributed by atoms with Crippen molar-refractivity contribution in [3.05, 3.63) is 47.7 Å². The lowest BCUT2D eigenvalue weighted by Gasteiger charge is -2.19. The third kappa shape index (κ3) is 6.34. The van der Waals surface area contributed by atoms with Gasteiger partial charge in [-0.15, -0.1) is 5.73 Å². The summed E-state index contributed by atoms with van der Waals surface area (Å²) in [5.74, 6) is 0.171. The minimum Gasteiger partial charge on any atom is -0.211 e. The van der Waals surface area contributed by atoms with Gasteiger partial charge in [0.2, 0.25) is 10.0 Å². The predicted octanol–water partition coefficient (Wildman–Crippen LogP) is 4.59. The van der Waals surface area contributed by atoms with Gasteiger partial charge in [0.25, 0.3) is 0 Å². The molecule has 1 aromatic carbocycles. The Balaban J connectivity index is 2.81. The van der Waals surface area contributed by atoms with Crippen LogP contribution in [0.4, 0.5) is 0 Å². The molecule has 0 saturated heterocycles. The monoisotopic (exact) mass is 335 g/mol. The van der Waals surface area contributed by atoms with Gasteiger partial charge in [0.1, 0.15) is 0 Å². The molecule has 0 saturated carbocycles. The van der Waals surface area contributed by atoms with Crippen LogP contribution in [0.5, 0.6) is 0 Å². The fourth-order valence-electron chi connectivity index (χ4n) is 2.56. The molecule has 0 heterocycles. The third-order valence-corrected chi connectivity index (χ3v) is 5.45. The van der Waals surface area contributed by atoms with E-state index in [1.54, 1.807) is 12.1 Å². The first kappa shape index (κ1) is 19.7. The van der Waals surface area contributed by atoms with Crippen LogP contribution in [0.2, 0.25) is 0 Å². The first-order valence-corrected chi connectivity index (χ1v) is 9.88. The fraction of sp³-hybridized carbons (Fsp3) is 0.526. The summed E-state index contributed by atoms with van der Waals surface area (Å²) in [5.41, 5.74) is 5.22. The molecule has 0 aromatic heterocycles. The van der Waals surface area contributed by atoms with Crippen LogP contribution in [0.1, 0.15) is 51.5 Å². The minimum absolute atomic E-state index is 0.171. The fourth-order valence-corrected chi connectivity index (χ4v) is 3.64. The average molecular weight is 336 g/mol. The number of hydrogen-bond donors (Lipinski definition) is 1. The van der Waals surface area contributed by atoms with Gasteiger partial charge in [0.15, 0.2) is 0 Å². The van der Waals surface area contributed by atoms with Crippen LogP contribution in [0.15, 0.2) is 47.0 Å². The van der Waals surface area contributed by atoms with E-state index in [1.165, 1.54) is 0 Å². The lowest BCUT2D eigenvalue weighted by Crippen LogP contribution is -2.30. The van der Waals surface area contributed by atoms with Crippen molar-refractivity contribution in [2.75, 3.05) is 6.54 Å². The molecular weight excluding hydrogens is 306 g/mol. The van der Waals surface area contributed by atoms with E-state index in [0.29, 0.717) is 11.4 Å². The van der Waals surface area contributed by atoms with Crippen molar-refractivity contribution in [3.8, 4) is 0 Å². The molecule has 0 amide bonds. The number of aryl methyl sites for hydroxylation is 1. The Morgan fingerprint density at radius 2 is 1.87 bits per heavy atom. The van der Waals surface area contributed by atoms with Crippen molar-refractivity contribution in [2.24, 2.45) is 5.92 Å². The van der Waals surface area contributed by atoms with Crippen molar-refractivity contribution in [3.63, 3.8) is 0 Å². The van der Waals surface area contributed by atoms with Crippen LogP contribution in [-0.2, 0) is 10.0 Å². The molecule has 1 aromatic rings. The van der Waals surface area contributed by atoms with Crippen molar-refractivity contribution in [1.29, 1.82) is 0 Å². The second kappa shape index (κ2) is 9.71. The molecule has 1 atom stereocenters. The molecule has 1 rings (SSSR count). The van der Waals surface area contributed by atoms with Crippen molar-refractivity contribution in [2.45, 2.75) is 57.8 Å². The topological polar surface area (TPSA) is 46.2 Å². The van der Waals surface area contributed by atoms with Crippen LogP contribution in [0.25, 0.3) is 0 Å². The first-order chi connectivity index (χ1) is 10.9. The number of benzene rings is 1. The molecule has 1 N–H and O–H groups in total. The minimum atomic E-state index is -3.46. The summed E-state index contributed by atoms with van der Waals surface area (Å²) in [5, 5.41) is 0. The van der Waals surface area contributed by atoms with Gasteiger partial charge in [-0.05, 0) is 43.9 Å². The lowest BCUT2D eigenvalue weighted by molar-refractivity contribution is 0.507. The van der Waals surface area contributed by atoms with Crippen LogP contribution >= 0.6 is 0 Å². The molecule has 1 unspecified atom stereocenters. The summed E-state index contributed by atoms with van der Waals surface area (Å²) in [6.45, 7) is 10.4. The molecule has 3 nitrogen and oxygen atoms in total. The van der Waals surface area contributed by atoms with E-state index in [9.17, 15) is 8.42 Å². The summed E-state index contributed by atoms with van der Waals surface area (Å²) in [6.07, 6.45) is 5.09. The smallest absolute Gasteiger partial charge is 0.211 e. The molecule has 0 radical (unpaired) electrons. The Morgan fingerprint density at radius 3 is 2.39 bits per heavy atom. The normalized spacial score (nSPS) is 12.7. The molecule has 0 fully saturated rings. The summed E-state index contributed by atoms with van der Waals surface area (Å²) in [7, 11) is -3.46. The standard InChI is InChI=1S/C19H29NO2S/c1-5-8-10-17(7-3)18(9-6-2)15-20-23(21,22)19-13-11-16(4)12-14-19/h11-14,18,20H,3,5-6,8-10,15H2,1-2,4H3. The number of rotatable bonds is 10. The van der Waals surface area contributed by atoms with Crippen molar-refractivity contribution < 1.29 is 8.42 Å². The van der Waals surface area contributed by atoms with Crippen LogP contribution in [0.3, 0.4) is 0 Å². The first-order valence-electron chi connectivity index (χ1n) is 8.39. The van der Waals surface area contributed by atoms with Gasteiger partial charge >= 0.3 is 0 Å². The molecule has 0 spiro atoms. The molecule has 23 heavy (non-hydrogen) atoms. The van der Waals surface area contributed by atoms with E-state index in [1.807, 2.05) is 19.1 Å². The summed E-state index contributed by atoms with van der Waals surface area (Å²) < 4.78 is 27.6. The second-order valence-electron chi connectivity index (χ2n) is 5.96. The zero-order chi connectivity index (χ0) is 17.3. The van der Waals surface area contributed by atoms with E-state index in [-0.39, 0.29) is 5.92 Å². The van der Waals surface area contributed by atoms with Crippen LogP contribution in [0, 0.1) is 12.8 Å². The predicted molar refractivity (Wildman–Crippen MR) is 96.9 cm³/mol. The highest BCUT2D eigenvalue weighted by molar-refractivity contribution is 7.89. The number of sulfonamides is 1. The maximum atomic E-state index is 12.4. The Bertz CT molecular complexity index is 626. The molecular formula is C19H29NO2S. The summed E-state index contributed by atoms with van der Waals surface area (Å²) >= 11 is 0. The van der Waals surface area contributed by atoms with Crippen LogP contribution < -0.4 is 4.72 Å². The number of nitrogens with one attached hydrogen (secondary N) is 1. The van der Waals surface area contributed by atoms with E-state index in [0.717, 1.165) is 43.2 Å². The maximum Gasteiger partial charge on any atom is 0.240 e. The van der Waals surface area contributed by atoms with Crippen molar-refractivity contribution >= 4 is 10.0 Å². The Labute approximate surface area is 141 Å². The van der Waals surface area contributed by atoms with Gasteiger partial charge in [-0.25, -0.2) is 13.1 Å². The SMILES string of the molecule is C=C=C(CCCC)C(CCC)CNS(=O)(=O)c1ccc(C)cc1. The molecule has 0 aliphatic heterocycles. The average Bonchev–Trinajstić information content (AvgIpc) is 2.53. The molecule has 4 heteroatoms. The van der Waals surface area contributed by atoms with Gasteiger partial charge in [0.05, 0.1) is 4.90 Å². The van der Waals surface area contributed by atoms with E-state index < -0.39 is 10.0 Å². The zero-order valence-electron chi connectivity index (χ0n) is 14.6. The second-order valence-corrected chi connectivity index (χ2v) is 7.72. The van der Waals surface area contributed by atoms with Crippen molar-refractivity contribution in [1.82, 2.24) is 4.72 Å². The largest absolute Gasteiger partial charge is 0.240 e. The summed E-state index contributed by atoms with van der Waals surface area (Å²) in [6, 6.07) is 6.92. The van der Waals surface area contributed by atoms with E-state index in [4.69, 9.17) is 0 Å². The molecule has 0 aliphatic rings. The van der Waals surface area contributed by atoms with Gasteiger partial charge in [-0.2, -0.15) is 0 Å². The number of hydrogen-bond acceptors (Lipinski definition) is 2.